The number of phenolic OH excluding ortho intramolecular Hbond substituents is 1. The van der Waals surface area contributed by atoms with Gasteiger partial charge in [0, 0.05) is 18.2 Å². The molecule has 148 valence electrons. The van der Waals surface area contributed by atoms with Crippen LogP contribution in [0.5, 0.6) is 5.75 Å². The van der Waals surface area contributed by atoms with Gasteiger partial charge in [-0.1, -0.05) is 60.7 Å². The summed E-state index contributed by atoms with van der Waals surface area (Å²) in [5.74, 6) is 0.736. The van der Waals surface area contributed by atoms with E-state index < -0.39 is 0 Å². The van der Waals surface area contributed by atoms with Crippen LogP contribution in [0.2, 0.25) is 0 Å². The summed E-state index contributed by atoms with van der Waals surface area (Å²) < 4.78 is 0. The van der Waals surface area contributed by atoms with Crippen LogP contribution < -0.4 is 5.01 Å². The molecule has 1 N–H and O–H groups in total. The van der Waals surface area contributed by atoms with Gasteiger partial charge in [-0.05, 0) is 42.8 Å². The molecule has 1 heterocycles. The highest BCUT2D eigenvalue weighted by Crippen LogP contribution is 2.26. The summed E-state index contributed by atoms with van der Waals surface area (Å²) >= 11 is 0. The Bertz CT molecular complexity index is 1100. The molecule has 0 unspecified atom stereocenters. The lowest BCUT2D eigenvalue weighted by atomic mass is 10.1. The number of hydrazone groups is 1. The van der Waals surface area contributed by atoms with Crippen LogP contribution in [-0.2, 0) is 0 Å². The standard InChI is InChI=1S/C25H22N4O/c1-18(19-13-15-22(30)16-14-19)28-29(2)25-26-23(20-9-5-3-6-10-20)17-24(27-25)21-11-7-4-8-12-21/h3-17,30H,1-2H3. The summed E-state index contributed by atoms with van der Waals surface area (Å²) in [4.78, 5) is 9.52. The van der Waals surface area contributed by atoms with Crippen LogP contribution in [0, 0.1) is 0 Å². The van der Waals surface area contributed by atoms with Crippen LogP contribution in [-0.4, -0.2) is 27.8 Å². The van der Waals surface area contributed by atoms with Crippen LogP contribution in [0.15, 0.2) is 96.1 Å². The molecule has 0 aliphatic carbocycles. The van der Waals surface area contributed by atoms with Gasteiger partial charge in [-0.25, -0.2) is 15.0 Å². The van der Waals surface area contributed by atoms with Gasteiger partial charge < -0.3 is 5.11 Å². The van der Waals surface area contributed by atoms with Gasteiger partial charge in [-0.3, -0.25) is 0 Å². The first-order chi connectivity index (χ1) is 14.6. The van der Waals surface area contributed by atoms with E-state index in [1.165, 1.54) is 0 Å². The van der Waals surface area contributed by atoms with Crippen molar-refractivity contribution in [2.75, 3.05) is 12.1 Å². The zero-order valence-corrected chi connectivity index (χ0v) is 16.9. The summed E-state index contributed by atoms with van der Waals surface area (Å²) in [7, 11) is 1.84. The molecule has 4 aromatic rings. The maximum Gasteiger partial charge on any atom is 0.247 e. The fourth-order valence-corrected chi connectivity index (χ4v) is 3.12. The maximum atomic E-state index is 9.51. The minimum Gasteiger partial charge on any atom is -0.508 e. The van der Waals surface area contributed by atoms with Crippen molar-refractivity contribution in [1.29, 1.82) is 0 Å². The molecule has 30 heavy (non-hydrogen) atoms. The molecule has 4 rings (SSSR count). The molecular weight excluding hydrogens is 372 g/mol. The average molecular weight is 394 g/mol. The molecule has 0 bridgehead atoms. The number of hydrogen-bond donors (Lipinski definition) is 1. The maximum absolute atomic E-state index is 9.51. The fourth-order valence-electron chi connectivity index (χ4n) is 3.12. The first-order valence-electron chi connectivity index (χ1n) is 9.68. The number of rotatable bonds is 5. The van der Waals surface area contributed by atoms with Crippen LogP contribution in [0.4, 0.5) is 5.95 Å². The van der Waals surface area contributed by atoms with Gasteiger partial charge in [0.25, 0.3) is 0 Å². The topological polar surface area (TPSA) is 61.6 Å². The third kappa shape index (κ3) is 4.36. The number of benzene rings is 3. The Morgan fingerprint density at radius 2 is 1.27 bits per heavy atom. The summed E-state index contributed by atoms with van der Waals surface area (Å²) in [6, 6.07) is 29.1. The zero-order chi connectivity index (χ0) is 20.9. The van der Waals surface area contributed by atoms with E-state index in [1.54, 1.807) is 17.1 Å². The molecule has 0 saturated heterocycles. The molecule has 0 radical (unpaired) electrons. The number of aromatic hydroxyl groups is 1. The molecule has 0 spiro atoms. The quantitative estimate of drug-likeness (QED) is 0.365. The van der Waals surface area contributed by atoms with Crippen molar-refractivity contribution in [2.24, 2.45) is 5.10 Å². The molecule has 0 amide bonds. The predicted molar refractivity (Wildman–Crippen MR) is 122 cm³/mol. The van der Waals surface area contributed by atoms with Crippen LogP contribution in [0.3, 0.4) is 0 Å². The zero-order valence-electron chi connectivity index (χ0n) is 16.9. The first-order valence-corrected chi connectivity index (χ1v) is 9.68. The third-order valence-corrected chi connectivity index (χ3v) is 4.73. The van der Waals surface area contributed by atoms with Gasteiger partial charge in [-0.15, -0.1) is 0 Å². The van der Waals surface area contributed by atoms with Gasteiger partial charge in [0.05, 0.1) is 17.1 Å². The number of phenols is 1. The third-order valence-electron chi connectivity index (χ3n) is 4.73. The molecule has 0 saturated carbocycles. The fraction of sp³-hybridized carbons (Fsp3) is 0.0800. The lowest BCUT2D eigenvalue weighted by Crippen LogP contribution is -2.16. The van der Waals surface area contributed by atoms with Gasteiger partial charge in [0.2, 0.25) is 5.95 Å². The van der Waals surface area contributed by atoms with Crippen molar-refractivity contribution >= 4 is 11.7 Å². The molecule has 5 nitrogen and oxygen atoms in total. The molecule has 0 aliphatic heterocycles. The Hall–Kier alpha value is -3.99. The second kappa shape index (κ2) is 8.57. The van der Waals surface area contributed by atoms with E-state index in [0.717, 1.165) is 33.8 Å². The van der Waals surface area contributed by atoms with Crippen molar-refractivity contribution in [2.45, 2.75) is 6.92 Å². The average Bonchev–Trinajstić information content (AvgIpc) is 2.80. The van der Waals surface area contributed by atoms with Gasteiger partial charge in [-0.2, -0.15) is 5.10 Å². The smallest absolute Gasteiger partial charge is 0.247 e. The number of aromatic nitrogens is 2. The Balaban J connectivity index is 1.76. The van der Waals surface area contributed by atoms with Crippen LogP contribution in [0.1, 0.15) is 12.5 Å². The van der Waals surface area contributed by atoms with Crippen molar-refractivity contribution in [3.8, 4) is 28.3 Å². The minimum atomic E-state index is 0.228. The second-order valence-electron chi connectivity index (χ2n) is 6.93. The highest BCUT2D eigenvalue weighted by molar-refractivity contribution is 5.99. The lowest BCUT2D eigenvalue weighted by Gasteiger charge is -2.15. The number of anilines is 1. The monoisotopic (exact) mass is 394 g/mol. The van der Waals surface area contributed by atoms with Gasteiger partial charge in [0.1, 0.15) is 5.75 Å². The van der Waals surface area contributed by atoms with Crippen molar-refractivity contribution in [1.82, 2.24) is 9.97 Å². The highest BCUT2D eigenvalue weighted by atomic mass is 16.3. The van der Waals surface area contributed by atoms with E-state index in [1.807, 2.05) is 92.8 Å². The summed E-state index contributed by atoms with van der Waals surface area (Å²) in [5.41, 5.74) is 5.43. The Kier molecular flexibility index (Phi) is 5.52. The largest absolute Gasteiger partial charge is 0.508 e. The van der Waals surface area contributed by atoms with E-state index in [9.17, 15) is 5.11 Å². The second-order valence-corrected chi connectivity index (χ2v) is 6.93. The summed E-state index contributed by atoms with van der Waals surface area (Å²) in [6.45, 7) is 1.92. The van der Waals surface area contributed by atoms with Crippen LogP contribution in [0.25, 0.3) is 22.5 Å². The molecule has 0 fully saturated rings. The van der Waals surface area contributed by atoms with E-state index in [2.05, 4.69) is 5.10 Å². The van der Waals surface area contributed by atoms with Crippen LogP contribution >= 0.6 is 0 Å². The lowest BCUT2D eigenvalue weighted by molar-refractivity contribution is 0.475. The Morgan fingerprint density at radius 3 is 1.77 bits per heavy atom. The molecule has 5 heteroatoms. The molecule has 0 atom stereocenters. The van der Waals surface area contributed by atoms with E-state index in [0.29, 0.717) is 5.95 Å². The SMILES string of the molecule is CC(=NN(C)c1nc(-c2ccccc2)cc(-c2ccccc2)n1)c1ccc(O)cc1. The van der Waals surface area contributed by atoms with Crippen molar-refractivity contribution in [3.05, 3.63) is 96.6 Å². The number of hydrogen-bond acceptors (Lipinski definition) is 5. The van der Waals surface area contributed by atoms with E-state index in [4.69, 9.17) is 9.97 Å². The Labute approximate surface area is 176 Å². The van der Waals surface area contributed by atoms with E-state index >= 15 is 0 Å². The predicted octanol–water partition coefficient (Wildman–Crippen LogP) is 5.38. The first kappa shape index (κ1) is 19.3. The van der Waals surface area contributed by atoms with E-state index in [-0.39, 0.29) is 5.75 Å². The molecule has 3 aromatic carbocycles. The summed E-state index contributed by atoms with van der Waals surface area (Å²) in [5, 5.41) is 15.8. The number of nitrogens with zero attached hydrogens (tertiary/aromatic N) is 4. The van der Waals surface area contributed by atoms with Crippen molar-refractivity contribution < 1.29 is 5.11 Å². The molecular formula is C25H22N4O. The van der Waals surface area contributed by atoms with Gasteiger partial charge in [0.15, 0.2) is 0 Å². The molecule has 1 aromatic heterocycles. The minimum absolute atomic E-state index is 0.228. The highest BCUT2D eigenvalue weighted by Gasteiger charge is 2.12. The van der Waals surface area contributed by atoms with Gasteiger partial charge >= 0.3 is 0 Å². The van der Waals surface area contributed by atoms with Crippen molar-refractivity contribution in [3.63, 3.8) is 0 Å². The summed E-state index contributed by atoms with van der Waals surface area (Å²) in [6.07, 6.45) is 0. The Morgan fingerprint density at radius 1 is 0.767 bits per heavy atom. The molecule has 0 aliphatic rings. The normalized spacial score (nSPS) is 11.3.